The number of likely N-dealkylation sites (tertiary alicyclic amines) is 1. The molecule has 2 amide bonds. The number of ether oxygens (including phenoxy) is 1. The molecule has 2 fully saturated rings. The maximum Gasteiger partial charge on any atom is 0.309 e. The van der Waals surface area contributed by atoms with Gasteiger partial charge in [0.25, 0.3) is 11.8 Å². The van der Waals surface area contributed by atoms with Gasteiger partial charge in [-0.2, -0.15) is 0 Å². The van der Waals surface area contributed by atoms with E-state index in [4.69, 9.17) is 4.74 Å². The minimum Gasteiger partial charge on any atom is -0.455 e. The Bertz CT molecular complexity index is 970. The van der Waals surface area contributed by atoms with Crippen molar-refractivity contribution in [2.24, 2.45) is 5.92 Å². The lowest BCUT2D eigenvalue weighted by Crippen LogP contribution is -2.50. The van der Waals surface area contributed by atoms with E-state index in [9.17, 15) is 18.8 Å². The predicted octanol–water partition coefficient (Wildman–Crippen LogP) is 1.96. The Morgan fingerprint density at radius 2 is 1.61 bits per heavy atom. The first-order valence-corrected chi connectivity index (χ1v) is 11.2. The topological polar surface area (TPSA) is 83.1 Å². The predicted molar refractivity (Wildman–Crippen MR) is 119 cm³/mol. The molecule has 174 valence electrons. The van der Waals surface area contributed by atoms with Crippen LogP contribution in [-0.2, 0) is 14.3 Å². The van der Waals surface area contributed by atoms with Crippen LogP contribution in [0.5, 0.6) is 0 Å². The highest BCUT2D eigenvalue weighted by Gasteiger charge is 2.30. The summed E-state index contributed by atoms with van der Waals surface area (Å²) in [7, 11) is 0. The number of carbonyl (C=O) groups excluding carboxylic acids is 3. The second-order valence-electron chi connectivity index (χ2n) is 8.24. The zero-order valence-corrected chi connectivity index (χ0v) is 18.4. The molecular formula is C24H27FN4O4. The van der Waals surface area contributed by atoms with Crippen molar-refractivity contribution >= 4 is 23.6 Å². The van der Waals surface area contributed by atoms with Crippen molar-refractivity contribution in [2.75, 3.05) is 50.8 Å². The fourth-order valence-electron chi connectivity index (χ4n) is 4.16. The summed E-state index contributed by atoms with van der Waals surface area (Å²) in [6.45, 7) is 3.03. The summed E-state index contributed by atoms with van der Waals surface area (Å²) in [5, 5.41) is 0. The summed E-state index contributed by atoms with van der Waals surface area (Å²) in [4.78, 5) is 47.3. The van der Waals surface area contributed by atoms with Gasteiger partial charge in [-0.3, -0.25) is 14.4 Å². The standard InChI is InChI=1S/C24H27FN4O4/c25-20-6-4-18(5-7-20)23(31)29-11-8-19(9-12-29)24(32)33-17-22(30)28-15-13-27(14-16-28)21-3-1-2-10-26-21/h1-7,10,19H,8-9,11-17H2. The number of amides is 2. The lowest BCUT2D eigenvalue weighted by atomic mass is 9.96. The third kappa shape index (κ3) is 5.66. The highest BCUT2D eigenvalue weighted by molar-refractivity contribution is 5.94. The Morgan fingerprint density at radius 3 is 2.24 bits per heavy atom. The van der Waals surface area contributed by atoms with E-state index in [1.807, 2.05) is 18.2 Å². The first kappa shape index (κ1) is 22.7. The van der Waals surface area contributed by atoms with Crippen LogP contribution in [0.25, 0.3) is 0 Å². The maximum absolute atomic E-state index is 13.1. The molecule has 0 N–H and O–H groups in total. The summed E-state index contributed by atoms with van der Waals surface area (Å²) < 4.78 is 18.4. The van der Waals surface area contributed by atoms with Crippen LogP contribution < -0.4 is 4.90 Å². The number of aromatic nitrogens is 1. The maximum atomic E-state index is 13.1. The molecule has 0 unspecified atom stereocenters. The van der Waals surface area contributed by atoms with E-state index in [1.165, 1.54) is 24.3 Å². The molecule has 2 saturated heterocycles. The molecule has 0 radical (unpaired) electrons. The van der Waals surface area contributed by atoms with Gasteiger partial charge in [0.2, 0.25) is 0 Å². The van der Waals surface area contributed by atoms with Crippen molar-refractivity contribution in [2.45, 2.75) is 12.8 Å². The Balaban J connectivity index is 1.18. The molecule has 2 aliphatic heterocycles. The number of benzene rings is 1. The fourth-order valence-corrected chi connectivity index (χ4v) is 4.16. The van der Waals surface area contributed by atoms with Crippen LogP contribution >= 0.6 is 0 Å². The van der Waals surface area contributed by atoms with E-state index in [-0.39, 0.29) is 24.3 Å². The average molecular weight is 455 g/mol. The molecule has 3 heterocycles. The van der Waals surface area contributed by atoms with Gasteiger partial charge in [0, 0.05) is 51.0 Å². The number of rotatable bonds is 5. The lowest BCUT2D eigenvalue weighted by molar-refractivity contribution is -0.156. The van der Waals surface area contributed by atoms with Gasteiger partial charge < -0.3 is 19.4 Å². The van der Waals surface area contributed by atoms with Crippen molar-refractivity contribution in [3.05, 3.63) is 60.0 Å². The smallest absolute Gasteiger partial charge is 0.309 e. The number of halogens is 1. The lowest BCUT2D eigenvalue weighted by Gasteiger charge is -2.35. The third-order valence-electron chi connectivity index (χ3n) is 6.15. The van der Waals surface area contributed by atoms with Gasteiger partial charge in [0.1, 0.15) is 11.6 Å². The van der Waals surface area contributed by atoms with Crippen LogP contribution in [0.4, 0.5) is 10.2 Å². The first-order valence-electron chi connectivity index (χ1n) is 11.2. The van der Waals surface area contributed by atoms with Crippen LogP contribution in [-0.4, -0.2) is 78.4 Å². The fraction of sp³-hybridized carbons (Fsp3) is 0.417. The van der Waals surface area contributed by atoms with Crippen molar-refractivity contribution in [3.63, 3.8) is 0 Å². The molecule has 0 saturated carbocycles. The molecule has 33 heavy (non-hydrogen) atoms. The number of nitrogens with zero attached hydrogens (tertiary/aromatic N) is 4. The van der Waals surface area contributed by atoms with Crippen molar-refractivity contribution in [1.29, 1.82) is 0 Å². The van der Waals surface area contributed by atoms with Crippen LogP contribution in [0.15, 0.2) is 48.7 Å². The molecule has 8 nitrogen and oxygen atoms in total. The molecule has 2 aliphatic rings. The number of hydrogen-bond acceptors (Lipinski definition) is 6. The molecule has 2 aromatic rings. The SMILES string of the molecule is O=C(OCC(=O)N1CCN(c2ccccn2)CC1)C1CCN(C(=O)c2ccc(F)cc2)CC1. The normalized spacial score (nSPS) is 17.1. The largest absolute Gasteiger partial charge is 0.455 e. The van der Waals surface area contributed by atoms with Gasteiger partial charge in [-0.1, -0.05) is 6.07 Å². The zero-order chi connectivity index (χ0) is 23.2. The second-order valence-corrected chi connectivity index (χ2v) is 8.24. The van der Waals surface area contributed by atoms with E-state index >= 15 is 0 Å². The van der Waals surface area contributed by atoms with Crippen LogP contribution in [0.2, 0.25) is 0 Å². The Labute approximate surface area is 191 Å². The van der Waals surface area contributed by atoms with Gasteiger partial charge in [-0.15, -0.1) is 0 Å². The summed E-state index contributed by atoms with van der Waals surface area (Å²) in [5.74, 6) is -0.617. The van der Waals surface area contributed by atoms with Crippen LogP contribution in [0, 0.1) is 11.7 Å². The van der Waals surface area contributed by atoms with Crippen LogP contribution in [0.1, 0.15) is 23.2 Å². The van der Waals surface area contributed by atoms with E-state index < -0.39 is 11.8 Å². The molecule has 9 heteroatoms. The van der Waals surface area contributed by atoms with E-state index in [0.29, 0.717) is 57.7 Å². The Hall–Kier alpha value is -3.49. The van der Waals surface area contributed by atoms with Crippen molar-refractivity contribution in [1.82, 2.24) is 14.8 Å². The molecule has 0 spiro atoms. The van der Waals surface area contributed by atoms with Gasteiger partial charge in [0.05, 0.1) is 5.92 Å². The average Bonchev–Trinajstić information content (AvgIpc) is 2.88. The van der Waals surface area contributed by atoms with Gasteiger partial charge in [-0.05, 0) is 49.2 Å². The van der Waals surface area contributed by atoms with E-state index in [0.717, 1.165) is 5.82 Å². The summed E-state index contributed by atoms with van der Waals surface area (Å²) in [6.07, 6.45) is 2.70. The van der Waals surface area contributed by atoms with Gasteiger partial charge in [-0.25, -0.2) is 9.37 Å². The molecule has 1 aromatic carbocycles. The van der Waals surface area contributed by atoms with Crippen molar-refractivity contribution < 1.29 is 23.5 Å². The summed E-state index contributed by atoms with van der Waals surface area (Å²) in [5.41, 5.74) is 0.422. The third-order valence-corrected chi connectivity index (χ3v) is 6.15. The molecular weight excluding hydrogens is 427 g/mol. The highest BCUT2D eigenvalue weighted by Crippen LogP contribution is 2.21. The number of carbonyl (C=O) groups is 3. The number of anilines is 1. The molecule has 4 rings (SSSR count). The number of piperidine rings is 1. The zero-order valence-electron chi connectivity index (χ0n) is 18.4. The molecule has 0 atom stereocenters. The highest BCUT2D eigenvalue weighted by atomic mass is 19.1. The minimum absolute atomic E-state index is 0.179. The number of hydrogen-bond donors (Lipinski definition) is 0. The van der Waals surface area contributed by atoms with E-state index in [2.05, 4.69) is 9.88 Å². The number of pyridine rings is 1. The quantitative estimate of drug-likeness (QED) is 0.643. The Morgan fingerprint density at radius 1 is 0.909 bits per heavy atom. The molecule has 0 aliphatic carbocycles. The molecule has 1 aromatic heterocycles. The minimum atomic E-state index is -0.399. The first-order chi connectivity index (χ1) is 16.0. The van der Waals surface area contributed by atoms with Crippen LogP contribution in [0.3, 0.4) is 0 Å². The monoisotopic (exact) mass is 454 g/mol. The Kier molecular flexibility index (Phi) is 7.16. The van der Waals surface area contributed by atoms with E-state index in [1.54, 1.807) is 16.0 Å². The molecule has 0 bridgehead atoms. The number of piperazine rings is 1. The van der Waals surface area contributed by atoms with Crippen molar-refractivity contribution in [3.8, 4) is 0 Å². The number of esters is 1. The summed E-state index contributed by atoms with van der Waals surface area (Å²) in [6, 6.07) is 11.2. The summed E-state index contributed by atoms with van der Waals surface area (Å²) >= 11 is 0. The second kappa shape index (κ2) is 10.4. The van der Waals surface area contributed by atoms with Gasteiger partial charge >= 0.3 is 5.97 Å². The van der Waals surface area contributed by atoms with Gasteiger partial charge in [0.15, 0.2) is 6.61 Å².